The summed E-state index contributed by atoms with van der Waals surface area (Å²) in [4.78, 5) is 50.9. The van der Waals surface area contributed by atoms with Crippen molar-refractivity contribution < 1.29 is 41.4 Å². The molecule has 0 bridgehead atoms. The summed E-state index contributed by atoms with van der Waals surface area (Å²) in [7, 11) is -4.86. The molecule has 9 nitrogen and oxygen atoms in total. The van der Waals surface area contributed by atoms with Gasteiger partial charge in [-0.15, -0.1) is 5.06 Å². The number of benzene rings is 1. The van der Waals surface area contributed by atoms with Crippen molar-refractivity contribution in [2.24, 2.45) is 5.92 Å². The van der Waals surface area contributed by atoms with Crippen LogP contribution in [0, 0.1) is 11.7 Å². The van der Waals surface area contributed by atoms with Gasteiger partial charge < -0.3 is 9.63 Å². The third kappa shape index (κ3) is 4.06. The van der Waals surface area contributed by atoms with Crippen molar-refractivity contribution in [1.29, 1.82) is 0 Å². The van der Waals surface area contributed by atoms with Crippen molar-refractivity contribution in [3.63, 3.8) is 0 Å². The number of imide groups is 1. The lowest BCUT2D eigenvalue weighted by Gasteiger charge is -2.16. The number of amides is 2. The zero-order chi connectivity index (χ0) is 18.8. The van der Waals surface area contributed by atoms with Gasteiger partial charge in [0.05, 0.1) is 6.42 Å². The molecule has 1 heterocycles. The maximum absolute atomic E-state index is 13.6. The Morgan fingerprint density at radius 3 is 2.56 bits per heavy atom. The largest absolute Gasteiger partial charge is 0.343 e. The molecule has 1 aliphatic heterocycles. The molecule has 1 N–H and O–H groups in total. The van der Waals surface area contributed by atoms with Crippen LogP contribution >= 0.6 is 0 Å². The predicted octanol–water partition coefficient (Wildman–Crippen LogP) is -0.343. The number of carbonyl (C=O) groups excluding carboxylic acids is 4. The van der Waals surface area contributed by atoms with Gasteiger partial charge in [-0.3, -0.25) is 14.1 Å². The minimum Gasteiger partial charge on any atom is -0.330 e. The summed E-state index contributed by atoms with van der Waals surface area (Å²) in [6.07, 6.45) is -1.13. The van der Waals surface area contributed by atoms with E-state index in [-0.39, 0.29) is 23.3 Å². The van der Waals surface area contributed by atoms with Crippen LogP contribution in [0.2, 0.25) is 0 Å². The van der Waals surface area contributed by atoms with E-state index in [1.54, 1.807) is 0 Å². The lowest BCUT2D eigenvalue weighted by Crippen LogP contribution is -2.38. The molecule has 1 aromatic rings. The second kappa shape index (κ2) is 7.07. The van der Waals surface area contributed by atoms with Crippen LogP contribution in [0.3, 0.4) is 0 Å². The molecule has 1 aliphatic rings. The van der Waals surface area contributed by atoms with Gasteiger partial charge in [-0.2, -0.15) is 8.42 Å². The molecule has 0 aromatic heterocycles. The second-order valence-corrected chi connectivity index (χ2v) is 6.78. The fraction of sp³-hybridized carbons (Fsp3) is 0.286. The quantitative estimate of drug-likeness (QED) is 0.310. The summed E-state index contributed by atoms with van der Waals surface area (Å²) < 4.78 is 44.5. The summed E-state index contributed by atoms with van der Waals surface area (Å²) >= 11 is 0. The van der Waals surface area contributed by atoms with E-state index >= 15 is 0 Å². The Bertz CT molecular complexity index is 837. The number of carbonyl (C=O) groups is 4. The van der Waals surface area contributed by atoms with Crippen LogP contribution in [0.15, 0.2) is 24.3 Å². The average molecular weight is 373 g/mol. The van der Waals surface area contributed by atoms with Crippen LogP contribution in [0.4, 0.5) is 4.39 Å². The van der Waals surface area contributed by atoms with Crippen molar-refractivity contribution >= 4 is 34.2 Å². The van der Waals surface area contributed by atoms with Crippen LogP contribution in [0.5, 0.6) is 0 Å². The zero-order valence-corrected chi connectivity index (χ0v) is 13.3. The van der Waals surface area contributed by atoms with Crippen molar-refractivity contribution in [2.75, 3.05) is 0 Å². The molecular weight excluding hydrogens is 361 g/mol. The fourth-order valence-electron chi connectivity index (χ4n) is 2.16. The Morgan fingerprint density at radius 2 is 2.04 bits per heavy atom. The van der Waals surface area contributed by atoms with Gasteiger partial charge in [-0.1, -0.05) is 18.2 Å². The molecule has 1 fully saturated rings. The fourth-order valence-corrected chi connectivity index (χ4v) is 2.86. The van der Waals surface area contributed by atoms with E-state index in [0.717, 1.165) is 6.07 Å². The molecule has 25 heavy (non-hydrogen) atoms. The molecule has 1 saturated heterocycles. The maximum atomic E-state index is 13.6. The molecular formula is C14H12FNO8S. The number of hydrogen-bond acceptors (Lipinski definition) is 7. The van der Waals surface area contributed by atoms with E-state index in [4.69, 9.17) is 4.55 Å². The Hall–Kier alpha value is -2.66. The Labute approximate surface area is 141 Å². The molecule has 2 atom stereocenters. The van der Waals surface area contributed by atoms with Gasteiger partial charge in [-0.25, -0.2) is 9.18 Å². The third-order valence-corrected chi connectivity index (χ3v) is 4.56. The van der Waals surface area contributed by atoms with E-state index in [1.807, 2.05) is 0 Å². The summed E-state index contributed by atoms with van der Waals surface area (Å²) in [5.41, 5.74) is 0.0337. The van der Waals surface area contributed by atoms with Crippen molar-refractivity contribution in [2.45, 2.75) is 18.1 Å². The van der Waals surface area contributed by atoms with E-state index in [9.17, 15) is 32.0 Å². The first kappa shape index (κ1) is 18.7. The summed E-state index contributed by atoms with van der Waals surface area (Å²) in [6, 6.07) is 5.34. The molecule has 134 valence electrons. The molecule has 2 amide bonds. The highest BCUT2D eigenvalue weighted by Crippen LogP contribution is 2.21. The minimum absolute atomic E-state index is 0.0337. The first-order valence-electron chi connectivity index (χ1n) is 6.88. The standard InChI is InChI=1S/C14H12FNO8S/c15-10-4-2-1-3-8(10)5-9(7-17)14(20)24-16-12(18)6-11(13(16)19)25(21,22)23/h1-4,7,9,11H,5-6H2,(H,21,22,23). The predicted molar refractivity (Wildman–Crippen MR) is 77.6 cm³/mol. The molecule has 0 radical (unpaired) electrons. The smallest absolute Gasteiger partial charge is 0.330 e. The minimum atomic E-state index is -4.86. The van der Waals surface area contributed by atoms with Crippen LogP contribution in [-0.2, 0) is 40.6 Å². The van der Waals surface area contributed by atoms with Gasteiger partial charge >= 0.3 is 5.97 Å². The van der Waals surface area contributed by atoms with E-state index in [2.05, 4.69) is 4.84 Å². The van der Waals surface area contributed by atoms with Crippen LogP contribution in [0.25, 0.3) is 0 Å². The first-order valence-corrected chi connectivity index (χ1v) is 8.39. The number of rotatable bonds is 6. The number of nitrogens with zero attached hydrogens (tertiary/aromatic N) is 1. The van der Waals surface area contributed by atoms with Crippen molar-refractivity contribution in [3.05, 3.63) is 35.6 Å². The van der Waals surface area contributed by atoms with Gasteiger partial charge in [0.25, 0.3) is 21.9 Å². The molecule has 1 aromatic carbocycles. The van der Waals surface area contributed by atoms with E-state index in [1.165, 1.54) is 18.2 Å². The second-order valence-electron chi connectivity index (χ2n) is 5.18. The molecule has 11 heteroatoms. The Balaban J connectivity index is 2.12. The molecule has 2 unspecified atom stereocenters. The van der Waals surface area contributed by atoms with E-state index < -0.39 is 51.3 Å². The molecule has 0 saturated carbocycles. The monoisotopic (exact) mass is 373 g/mol. The Kier molecular flexibility index (Phi) is 5.28. The first-order chi connectivity index (χ1) is 11.6. The zero-order valence-electron chi connectivity index (χ0n) is 12.5. The van der Waals surface area contributed by atoms with Crippen molar-refractivity contribution in [3.8, 4) is 0 Å². The van der Waals surface area contributed by atoms with Gasteiger partial charge in [0.2, 0.25) is 0 Å². The summed E-state index contributed by atoms with van der Waals surface area (Å²) in [5, 5.41) is -2.19. The van der Waals surface area contributed by atoms with Gasteiger partial charge in [-0.05, 0) is 18.1 Å². The highest BCUT2D eigenvalue weighted by atomic mass is 32.2. The lowest BCUT2D eigenvalue weighted by molar-refractivity contribution is -0.200. The molecule has 0 aliphatic carbocycles. The Morgan fingerprint density at radius 1 is 1.40 bits per heavy atom. The highest BCUT2D eigenvalue weighted by molar-refractivity contribution is 7.87. The summed E-state index contributed by atoms with van der Waals surface area (Å²) in [5.74, 6) is -6.15. The van der Waals surface area contributed by atoms with E-state index in [0.29, 0.717) is 0 Å². The topological polar surface area (TPSA) is 135 Å². The van der Waals surface area contributed by atoms with Crippen LogP contribution in [-0.4, -0.2) is 47.4 Å². The highest BCUT2D eigenvalue weighted by Gasteiger charge is 2.48. The van der Waals surface area contributed by atoms with Crippen molar-refractivity contribution in [1.82, 2.24) is 5.06 Å². The van der Waals surface area contributed by atoms with Crippen LogP contribution in [0.1, 0.15) is 12.0 Å². The van der Waals surface area contributed by atoms with Crippen LogP contribution < -0.4 is 0 Å². The lowest BCUT2D eigenvalue weighted by atomic mass is 10.0. The number of hydrogen-bond donors (Lipinski definition) is 1. The number of halogens is 1. The maximum Gasteiger partial charge on any atom is 0.343 e. The summed E-state index contributed by atoms with van der Waals surface area (Å²) in [6.45, 7) is 0. The molecule has 0 spiro atoms. The van der Waals surface area contributed by atoms with Gasteiger partial charge in [0.1, 0.15) is 18.0 Å². The van der Waals surface area contributed by atoms with Gasteiger partial charge in [0, 0.05) is 0 Å². The normalized spacial score (nSPS) is 19.0. The third-order valence-electron chi connectivity index (χ3n) is 3.47. The average Bonchev–Trinajstić information content (AvgIpc) is 2.82. The number of hydroxylamine groups is 2. The SMILES string of the molecule is O=CC(Cc1ccccc1F)C(=O)ON1C(=O)CC(S(=O)(=O)O)C1=O. The van der Waals surface area contributed by atoms with Gasteiger partial charge in [0.15, 0.2) is 5.25 Å². The molecule has 2 rings (SSSR count). The number of aldehydes is 1.